The fraction of sp³-hybridized carbons (Fsp3) is 0.792. The van der Waals surface area contributed by atoms with Crippen LogP contribution in [0.15, 0.2) is 36.0 Å². The summed E-state index contributed by atoms with van der Waals surface area (Å²) in [5, 5.41) is 23.9. The highest BCUT2D eigenvalue weighted by atomic mass is 16.7. The molecule has 2 N–H and O–H groups in total. The fourth-order valence-corrected chi connectivity index (χ4v) is 9.94. The Balaban J connectivity index is 1.72. The van der Waals surface area contributed by atoms with Crippen LogP contribution >= 0.6 is 0 Å². The van der Waals surface area contributed by atoms with E-state index in [1.54, 1.807) is 34.1 Å². The van der Waals surface area contributed by atoms with Crippen molar-refractivity contribution in [2.75, 3.05) is 55.0 Å². The number of ketones is 2. The van der Waals surface area contributed by atoms with Crippen LogP contribution in [0.1, 0.15) is 105 Å². The first-order chi connectivity index (χ1) is 30.0. The highest BCUT2D eigenvalue weighted by Gasteiger charge is 2.56. The van der Waals surface area contributed by atoms with Crippen LogP contribution in [0.2, 0.25) is 0 Å². The lowest BCUT2D eigenvalue weighted by Crippen LogP contribution is -2.64. The number of fused-ring (bicyclic) bond motifs is 3. The fourth-order valence-electron chi connectivity index (χ4n) is 9.94. The third-order valence-corrected chi connectivity index (χ3v) is 13.6. The molecular formula is C48H77NO14. The third-order valence-electron chi connectivity index (χ3n) is 13.6. The number of carbonyl (C=O) groups excluding carboxylic acids is 4. The van der Waals surface area contributed by atoms with Crippen LogP contribution in [0.4, 0.5) is 0 Å². The van der Waals surface area contributed by atoms with E-state index < -0.39 is 77.8 Å². The molecule has 0 aromatic heterocycles. The second-order valence-corrected chi connectivity index (χ2v) is 18.4. The van der Waals surface area contributed by atoms with Gasteiger partial charge in [-0.2, -0.15) is 0 Å². The lowest BCUT2D eigenvalue weighted by Gasteiger charge is -2.47. The molecule has 1 aliphatic carbocycles. The van der Waals surface area contributed by atoms with Crippen molar-refractivity contribution in [1.29, 1.82) is 0 Å². The highest BCUT2D eigenvalue weighted by Crippen LogP contribution is 2.39. The Morgan fingerprint density at radius 2 is 1.62 bits per heavy atom. The molecule has 3 heterocycles. The topological polar surface area (TPSA) is 186 Å². The van der Waals surface area contributed by atoms with E-state index >= 15 is 0 Å². The molecule has 1 amide bonds. The van der Waals surface area contributed by atoms with Crippen LogP contribution < -0.4 is 0 Å². The number of cyclic esters (lactones) is 1. The van der Waals surface area contributed by atoms with Crippen molar-refractivity contribution < 1.29 is 67.3 Å². The van der Waals surface area contributed by atoms with Crippen LogP contribution in [0.25, 0.3) is 0 Å². The van der Waals surface area contributed by atoms with Crippen LogP contribution in [0.5, 0.6) is 0 Å². The zero-order chi connectivity index (χ0) is 46.4. The van der Waals surface area contributed by atoms with E-state index in [4.69, 9.17) is 37.9 Å². The molecule has 3 aliphatic heterocycles. The normalized spacial score (nSPS) is 38.2. The number of esters is 1. The van der Waals surface area contributed by atoms with Gasteiger partial charge < -0.3 is 53.0 Å². The molecule has 15 nitrogen and oxygen atoms in total. The second-order valence-electron chi connectivity index (χ2n) is 18.4. The smallest absolute Gasteiger partial charge is 0.329 e. The number of carbonyl (C=O) groups is 4. The number of methoxy groups -OCH3 is 4. The largest absolute Gasteiger partial charge is 0.456 e. The number of aliphatic hydroxyl groups is 2. The molecule has 4 aliphatic rings. The number of amides is 1. The van der Waals surface area contributed by atoms with E-state index in [2.05, 4.69) is 6.58 Å². The highest BCUT2D eigenvalue weighted by molar-refractivity contribution is 6.39. The maximum Gasteiger partial charge on any atom is 0.329 e. The molecule has 3 fully saturated rings. The van der Waals surface area contributed by atoms with Gasteiger partial charge in [-0.15, -0.1) is 6.58 Å². The van der Waals surface area contributed by atoms with Gasteiger partial charge in [0.2, 0.25) is 5.79 Å². The Bertz CT molecular complexity index is 1580. The van der Waals surface area contributed by atoms with Gasteiger partial charge in [0.15, 0.2) is 0 Å². The van der Waals surface area contributed by atoms with Gasteiger partial charge in [-0.3, -0.25) is 14.4 Å². The van der Waals surface area contributed by atoms with Gasteiger partial charge in [0.25, 0.3) is 11.7 Å². The summed E-state index contributed by atoms with van der Waals surface area (Å²) in [6, 6.07) is -1.15. The van der Waals surface area contributed by atoms with Crippen LogP contribution in [0, 0.1) is 29.6 Å². The van der Waals surface area contributed by atoms with Gasteiger partial charge in [0.1, 0.15) is 30.8 Å². The van der Waals surface area contributed by atoms with Gasteiger partial charge in [-0.1, -0.05) is 44.6 Å². The summed E-state index contributed by atoms with van der Waals surface area (Å²) in [5.41, 5.74) is 1.63. The van der Waals surface area contributed by atoms with Crippen LogP contribution in [-0.2, 0) is 57.1 Å². The van der Waals surface area contributed by atoms with E-state index in [1.807, 2.05) is 32.9 Å². The first-order valence-electron chi connectivity index (χ1n) is 22.9. The minimum atomic E-state index is -2.52. The van der Waals surface area contributed by atoms with Crippen molar-refractivity contribution in [3.8, 4) is 0 Å². The Hall–Kier alpha value is -2.86. The molecular weight excluding hydrogens is 815 g/mol. The molecule has 2 saturated heterocycles. The van der Waals surface area contributed by atoms with Gasteiger partial charge >= 0.3 is 5.97 Å². The quantitative estimate of drug-likeness (QED) is 0.0800. The molecule has 4 rings (SSSR count). The van der Waals surface area contributed by atoms with Crippen molar-refractivity contribution in [1.82, 2.24) is 4.90 Å². The van der Waals surface area contributed by atoms with Gasteiger partial charge in [0, 0.05) is 59.2 Å². The third kappa shape index (κ3) is 13.8. The van der Waals surface area contributed by atoms with Gasteiger partial charge in [-0.25, -0.2) is 4.79 Å². The first-order valence-corrected chi connectivity index (χ1v) is 22.9. The van der Waals surface area contributed by atoms with Crippen LogP contribution in [0.3, 0.4) is 0 Å². The molecule has 15 heteroatoms. The first kappa shape index (κ1) is 52.8. The van der Waals surface area contributed by atoms with E-state index in [0.717, 1.165) is 12.0 Å². The summed E-state index contributed by atoms with van der Waals surface area (Å²) in [7, 11) is 6.31. The minimum absolute atomic E-state index is 0.00548. The van der Waals surface area contributed by atoms with E-state index in [-0.39, 0.29) is 62.4 Å². The summed E-state index contributed by atoms with van der Waals surface area (Å²) in [6.07, 6.45) is 5.80. The van der Waals surface area contributed by atoms with Crippen molar-refractivity contribution in [3.63, 3.8) is 0 Å². The summed E-state index contributed by atoms with van der Waals surface area (Å²) in [5.74, 6) is -7.75. The molecule has 63 heavy (non-hydrogen) atoms. The maximum absolute atomic E-state index is 14.5. The minimum Gasteiger partial charge on any atom is -0.456 e. The number of hydrogen-bond donors (Lipinski definition) is 2. The molecule has 0 radical (unpaired) electrons. The predicted molar refractivity (Wildman–Crippen MR) is 234 cm³/mol. The zero-order valence-electron chi connectivity index (χ0n) is 39.3. The molecule has 358 valence electrons. The molecule has 0 spiro atoms. The van der Waals surface area contributed by atoms with Crippen molar-refractivity contribution in [2.45, 2.75) is 160 Å². The number of aliphatic hydroxyl groups excluding tert-OH is 1. The number of allylic oxidation sites excluding steroid dienone is 4. The number of nitrogens with zero attached hydrogens (tertiary/aromatic N) is 1. The molecule has 14 unspecified atom stereocenters. The second kappa shape index (κ2) is 25.2. The predicted octanol–water partition coefficient (Wildman–Crippen LogP) is 5.28. The lowest BCUT2D eigenvalue weighted by molar-refractivity contribution is -0.302. The van der Waals surface area contributed by atoms with Crippen molar-refractivity contribution in [3.05, 3.63) is 36.0 Å². The lowest BCUT2D eigenvalue weighted by atomic mass is 9.81. The molecule has 0 aromatic carbocycles. The number of ether oxygens (including phenoxy) is 8. The Kier molecular flexibility index (Phi) is 21.1. The summed E-state index contributed by atoms with van der Waals surface area (Å²) >= 11 is 0. The molecule has 0 aromatic rings. The van der Waals surface area contributed by atoms with Gasteiger partial charge in [-0.05, 0) is 95.5 Å². The van der Waals surface area contributed by atoms with Gasteiger partial charge in [0.05, 0.1) is 43.7 Å². The monoisotopic (exact) mass is 892 g/mol. The maximum atomic E-state index is 14.5. The SMILES string of the molecule is C=CCC1/C=C(\C)CC(C)CC(OC)C2OC(O)(C(=O)C(=O)N3CCCCC3C(=O)OC(C(C)=CC3CCC(OCOCCOC)C(OC)C3)C(C)C(O)CC1=O)C(C)CC2OC. The molecule has 1 saturated carbocycles. The van der Waals surface area contributed by atoms with Crippen LogP contribution in [-0.4, -0.2) is 148 Å². The number of hydrogen-bond acceptors (Lipinski definition) is 14. The Morgan fingerprint density at radius 1 is 0.921 bits per heavy atom. The van der Waals surface area contributed by atoms with Crippen molar-refractivity contribution in [2.24, 2.45) is 29.6 Å². The number of rotatable bonds is 13. The Labute approximate surface area is 375 Å². The summed E-state index contributed by atoms with van der Waals surface area (Å²) in [4.78, 5) is 58.3. The van der Waals surface area contributed by atoms with E-state index in [0.29, 0.717) is 63.7 Å². The van der Waals surface area contributed by atoms with E-state index in [9.17, 15) is 29.4 Å². The average Bonchev–Trinajstić information content (AvgIpc) is 3.26. The molecule has 2 bridgehead atoms. The van der Waals surface area contributed by atoms with E-state index in [1.165, 1.54) is 19.1 Å². The Morgan fingerprint density at radius 3 is 2.29 bits per heavy atom. The van der Waals surface area contributed by atoms with Crippen molar-refractivity contribution >= 4 is 23.4 Å². The summed E-state index contributed by atoms with van der Waals surface area (Å²) in [6.45, 7) is 14.2. The molecule has 14 atom stereocenters. The average molecular weight is 892 g/mol. The standard InChI is InChI=1S/C48H77NO14/c1-11-14-35-22-29(2)21-30(3)23-41(58-9)44-42(59-10)25-32(5)48(55,63-44)45(52)46(53)49-18-13-12-15-36(49)47(54)62-43(33(6)37(50)27-38(35)51)31(4)24-34-16-17-39(40(26-34)57-8)61-28-60-20-19-56-7/h11,22,24,30,32-37,39-44,50,55H,1,12-21,23,25-28H2,2-10H3/b29-22+,31-24?. The number of Topliss-reactive ketones (excluding diaryl/α,β-unsaturated/α-hetero) is 2. The number of piperidine rings is 1. The summed E-state index contributed by atoms with van der Waals surface area (Å²) < 4.78 is 46.8. The zero-order valence-corrected chi connectivity index (χ0v) is 39.3.